The topological polar surface area (TPSA) is 52.1 Å². The lowest BCUT2D eigenvalue weighted by Crippen LogP contribution is -2.05. The van der Waals surface area contributed by atoms with E-state index >= 15 is 0 Å². The maximum absolute atomic E-state index is 12.4. The Labute approximate surface area is 111 Å². The van der Waals surface area contributed by atoms with Crippen molar-refractivity contribution in [1.82, 2.24) is 9.97 Å². The van der Waals surface area contributed by atoms with Crippen LogP contribution in [0.3, 0.4) is 0 Å². The molecule has 3 rings (SSSR count). The van der Waals surface area contributed by atoms with Gasteiger partial charge in [0.25, 0.3) is 0 Å². The van der Waals surface area contributed by atoms with Crippen LogP contribution in [-0.2, 0) is 0 Å². The van der Waals surface area contributed by atoms with Crippen molar-refractivity contribution in [3.05, 3.63) is 39.5 Å². The Hall–Kier alpha value is -1.79. The molecule has 3 heterocycles. The fraction of sp³-hybridized carbons (Fsp3) is 0.0833. The lowest BCUT2D eigenvalue weighted by molar-refractivity contribution is 0.103. The van der Waals surface area contributed by atoms with Crippen LogP contribution in [0.15, 0.2) is 29.0 Å². The van der Waals surface area contributed by atoms with Gasteiger partial charge in [-0.3, -0.25) is 4.79 Å². The van der Waals surface area contributed by atoms with Crippen LogP contribution in [0.5, 0.6) is 6.01 Å². The first kappa shape index (κ1) is 11.3. The Bertz CT molecular complexity index is 704. The Balaban J connectivity index is 2.21. The second kappa shape index (κ2) is 4.47. The third-order valence-electron chi connectivity index (χ3n) is 2.43. The van der Waals surface area contributed by atoms with Crippen molar-refractivity contribution in [1.29, 1.82) is 0 Å². The van der Waals surface area contributed by atoms with Crippen LogP contribution < -0.4 is 4.74 Å². The van der Waals surface area contributed by atoms with Gasteiger partial charge >= 0.3 is 6.01 Å². The number of hydrogen-bond donors (Lipinski definition) is 0. The van der Waals surface area contributed by atoms with E-state index < -0.39 is 0 Å². The number of hydrogen-bond acceptors (Lipinski definition) is 6. The third kappa shape index (κ3) is 1.79. The molecule has 0 aliphatic carbocycles. The van der Waals surface area contributed by atoms with Crippen molar-refractivity contribution in [2.24, 2.45) is 0 Å². The lowest BCUT2D eigenvalue weighted by Gasteiger charge is -2.02. The molecule has 0 saturated carbocycles. The van der Waals surface area contributed by atoms with Gasteiger partial charge in [-0.25, -0.2) is 0 Å². The quantitative estimate of drug-likeness (QED) is 0.690. The van der Waals surface area contributed by atoms with Crippen LogP contribution >= 0.6 is 22.7 Å². The van der Waals surface area contributed by atoms with Gasteiger partial charge in [-0.05, 0) is 22.9 Å². The first-order chi connectivity index (χ1) is 8.79. The van der Waals surface area contributed by atoms with Gasteiger partial charge in [0, 0.05) is 0 Å². The molecule has 0 saturated heterocycles. The zero-order chi connectivity index (χ0) is 12.5. The fourth-order valence-electron chi connectivity index (χ4n) is 1.61. The Morgan fingerprint density at radius 3 is 2.83 bits per heavy atom. The molecule has 0 bridgehead atoms. The summed E-state index contributed by atoms with van der Waals surface area (Å²) in [6.07, 6.45) is 0. The molecular weight excluding hydrogens is 268 g/mol. The number of fused-ring (bicyclic) bond motifs is 1. The molecule has 0 N–H and O–H groups in total. The number of methoxy groups -OCH3 is 1. The summed E-state index contributed by atoms with van der Waals surface area (Å²) in [5, 5.41) is 3.77. The standard InChI is InChI=1S/C12H8N2O2S2/c1-16-12-13-7-4-6-18-11(7)9(14-12)10(15)8-3-2-5-17-8/h2-6H,1H3. The van der Waals surface area contributed by atoms with Gasteiger partial charge in [-0.2, -0.15) is 9.97 Å². The summed E-state index contributed by atoms with van der Waals surface area (Å²) in [5.41, 5.74) is 1.15. The zero-order valence-corrected chi connectivity index (χ0v) is 11.0. The van der Waals surface area contributed by atoms with Crippen molar-refractivity contribution in [2.45, 2.75) is 0 Å². The molecule has 90 valence electrons. The molecule has 0 unspecified atom stereocenters. The maximum atomic E-state index is 12.4. The number of carbonyl (C=O) groups excluding carboxylic acids is 1. The highest BCUT2D eigenvalue weighted by Crippen LogP contribution is 2.27. The van der Waals surface area contributed by atoms with E-state index in [0.717, 1.165) is 10.2 Å². The first-order valence-electron chi connectivity index (χ1n) is 5.17. The van der Waals surface area contributed by atoms with Crippen LogP contribution in [0.1, 0.15) is 15.4 Å². The van der Waals surface area contributed by atoms with Crippen molar-refractivity contribution in [3.8, 4) is 6.01 Å². The Morgan fingerprint density at radius 2 is 2.11 bits per heavy atom. The van der Waals surface area contributed by atoms with E-state index in [4.69, 9.17) is 4.74 Å². The Morgan fingerprint density at radius 1 is 1.22 bits per heavy atom. The number of thiophene rings is 2. The molecular formula is C12H8N2O2S2. The van der Waals surface area contributed by atoms with Gasteiger partial charge in [0.1, 0.15) is 5.69 Å². The van der Waals surface area contributed by atoms with E-state index in [0.29, 0.717) is 10.6 Å². The molecule has 0 amide bonds. The minimum Gasteiger partial charge on any atom is -0.467 e. The number of ketones is 1. The normalized spacial score (nSPS) is 10.7. The first-order valence-corrected chi connectivity index (χ1v) is 6.93. The van der Waals surface area contributed by atoms with Gasteiger partial charge < -0.3 is 4.74 Å². The average Bonchev–Trinajstić information content (AvgIpc) is 3.07. The molecule has 4 nitrogen and oxygen atoms in total. The number of carbonyl (C=O) groups is 1. The van der Waals surface area contributed by atoms with Gasteiger partial charge in [0.2, 0.25) is 5.78 Å². The number of rotatable bonds is 3. The minimum absolute atomic E-state index is 0.0850. The molecule has 18 heavy (non-hydrogen) atoms. The largest absolute Gasteiger partial charge is 0.467 e. The fourth-order valence-corrected chi connectivity index (χ4v) is 3.09. The van der Waals surface area contributed by atoms with Crippen molar-refractivity contribution in [2.75, 3.05) is 7.11 Å². The second-order valence-electron chi connectivity index (χ2n) is 3.50. The predicted molar refractivity (Wildman–Crippen MR) is 71.7 cm³/mol. The summed E-state index contributed by atoms with van der Waals surface area (Å²) in [7, 11) is 1.49. The third-order valence-corrected chi connectivity index (χ3v) is 4.20. The number of nitrogens with zero attached hydrogens (tertiary/aromatic N) is 2. The highest BCUT2D eigenvalue weighted by Gasteiger charge is 2.18. The number of ether oxygens (including phenoxy) is 1. The van der Waals surface area contributed by atoms with E-state index in [-0.39, 0.29) is 11.8 Å². The predicted octanol–water partition coefficient (Wildman–Crippen LogP) is 2.99. The SMILES string of the molecule is COc1nc(C(=O)c2cccs2)c2sccc2n1. The maximum Gasteiger partial charge on any atom is 0.317 e. The molecule has 0 aliphatic rings. The van der Waals surface area contributed by atoms with E-state index in [9.17, 15) is 4.79 Å². The van der Waals surface area contributed by atoms with Crippen molar-refractivity contribution >= 4 is 38.7 Å². The molecule has 3 aromatic heterocycles. The summed E-state index contributed by atoms with van der Waals surface area (Å²) in [5.74, 6) is -0.0850. The second-order valence-corrected chi connectivity index (χ2v) is 5.36. The average molecular weight is 276 g/mol. The Kier molecular flexibility index (Phi) is 2.81. The monoisotopic (exact) mass is 276 g/mol. The van der Waals surface area contributed by atoms with Crippen LogP contribution in [0.25, 0.3) is 10.2 Å². The molecule has 3 aromatic rings. The lowest BCUT2D eigenvalue weighted by atomic mass is 10.2. The van der Waals surface area contributed by atoms with E-state index in [1.807, 2.05) is 22.9 Å². The summed E-state index contributed by atoms with van der Waals surface area (Å²) in [4.78, 5) is 21.4. The molecule has 0 spiro atoms. The smallest absolute Gasteiger partial charge is 0.317 e. The molecule has 0 radical (unpaired) electrons. The molecule has 0 aromatic carbocycles. The number of aromatic nitrogens is 2. The van der Waals surface area contributed by atoms with Gasteiger partial charge in [0.05, 0.1) is 22.2 Å². The van der Waals surface area contributed by atoms with E-state index in [1.165, 1.54) is 29.8 Å². The van der Waals surface area contributed by atoms with Gasteiger partial charge in [-0.1, -0.05) is 6.07 Å². The van der Waals surface area contributed by atoms with Crippen LogP contribution in [-0.4, -0.2) is 22.9 Å². The minimum atomic E-state index is -0.0850. The summed E-state index contributed by atoms with van der Waals surface area (Å²) in [6, 6.07) is 5.72. The van der Waals surface area contributed by atoms with Crippen LogP contribution in [0.2, 0.25) is 0 Å². The van der Waals surface area contributed by atoms with Crippen LogP contribution in [0, 0.1) is 0 Å². The van der Waals surface area contributed by atoms with Gasteiger partial charge in [0.15, 0.2) is 0 Å². The zero-order valence-electron chi connectivity index (χ0n) is 9.41. The summed E-state index contributed by atoms with van der Waals surface area (Å²) < 4.78 is 5.83. The molecule has 0 atom stereocenters. The molecule has 0 aliphatic heterocycles. The van der Waals surface area contributed by atoms with E-state index in [2.05, 4.69) is 9.97 Å². The molecule has 0 fully saturated rings. The van der Waals surface area contributed by atoms with Gasteiger partial charge in [-0.15, -0.1) is 22.7 Å². The molecule has 6 heteroatoms. The summed E-state index contributed by atoms with van der Waals surface area (Å²) in [6.45, 7) is 0. The highest BCUT2D eigenvalue weighted by molar-refractivity contribution is 7.17. The van der Waals surface area contributed by atoms with E-state index in [1.54, 1.807) is 6.07 Å². The van der Waals surface area contributed by atoms with Crippen molar-refractivity contribution < 1.29 is 9.53 Å². The summed E-state index contributed by atoms with van der Waals surface area (Å²) >= 11 is 2.87. The van der Waals surface area contributed by atoms with Crippen LogP contribution in [0.4, 0.5) is 0 Å². The highest BCUT2D eigenvalue weighted by atomic mass is 32.1. The van der Waals surface area contributed by atoms with Crippen molar-refractivity contribution in [3.63, 3.8) is 0 Å².